The van der Waals surface area contributed by atoms with Crippen molar-refractivity contribution in [2.24, 2.45) is 5.92 Å². The highest BCUT2D eigenvalue weighted by molar-refractivity contribution is 7.92. The van der Waals surface area contributed by atoms with Crippen molar-refractivity contribution in [1.29, 1.82) is 0 Å². The summed E-state index contributed by atoms with van der Waals surface area (Å²) in [5.41, 5.74) is 1.20. The summed E-state index contributed by atoms with van der Waals surface area (Å²) in [6, 6.07) is 6.29. The highest BCUT2D eigenvalue weighted by Gasteiger charge is 2.30. The number of aromatic amines is 1. The Balaban J connectivity index is 1.69. The lowest BCUT2D eigenvalue weighted by atomic mass is 10.1. The first-order valence-corrected chi connectivity index (χ1v) is 11.0. The van der Waals surface area contributed by atoms with Crippen LogP contribution in [0.25, 0.3) is 22.3 Å². The molecule has 3 heterocycles. The van der Waals surface area contributed by atoms with Gasteiger partial charge in [0.1, 0.15) is 17.2 Å². The monoisotopic (exact) mass is 417 g/mol. The maximum Gasteiger partial charge on any atom is 0.237 e. The van der Waals surface area contributed by atoms with Crippen LogP contribution < -0.4 is 10.0 Å². The molecule has 8 nitrogen and oxygen atoms in total. The molecule has 0 bridgehead atoms. The van der Waals surface area contributed by atoms with E-state index in [1.54, 1.807) is 25.3 Å². The average molecular weight is 417 g/mol. The van der Waals surface area contributed by atoms with Crippen molar-refractivity contribution >= 4 is 38.5 Å². The topological polar surface area (TPSA) is 117 Å². The largest absolute Gasteiger partial charge is 0.346 e. The lowest BCUT2D eigenvalue weighted by Crippen LogP contribution is -2.17. The Morgan fingerprint density at radius 1 is 1.28 bits per heavy atom. The number of aromatic nitrogens is 3. The first-order chi connectivity index (χ1) is 13.9. The van der Waals surface area contributed by atoms with Gasteiger partial charge in [-0.3, -0.25) is 9.52 Å². The number of rotatable bonds is 7. The molecule has 1 aliphatic rings. The molecule has 4 rings (SSSR count). The number of halogens is 1. The maximum absolute atomic E-state index is 14.5. The highest BCUT2D eigenvalue weighted by Crippen LogP contribution is 2.33. The zero-order chi connectivity index (χ0) is 20.6. The van der Waals surface area contributed by atoms with E-state index in [0.29, 0.717) is 34.5 Å². The predicted molar refractivity (Wildman–Crippen MR) is 108 cm³/mol. The quantitative estimate of drug-likeness (QED) is 0.510. The van der Waals surface area contributed by atoms with E-state index in [0.717, 1.165) is 12.8 Å². The summed E-state index contributed by atoms with van der Waals surface area (Å²) >= 11 is 0. The zero-order valence-corrected chi connectivity index (χ0v) is 16.5. The minimum atomic E-state index is -3.63. The van der Waals surface area contributed by atoms with Crippen molar-refractivity contribution in [3.8, 4) is 11.3 Å². The van der Waals surface area contributed by atoms with Gasteiger partial charge in [-0.05, 0) is 43.5 Å². The molecule has 1 fully saturated rings. The van der Waals surface area contributed by atoms with Crippen molar-refractivity contribution in [3.05, 3.63) is 36.4 Å². The minimum Gasteiger partial charge on any atom is -0.346 e. The fourth-order valence-corrected chi connectivity index (χ4v) is 4.16. The van der Waals surface area contributed by atoms with E-state index in [2.05, 4.69) is 25.0 Å². The SMILES string of the molecule is CCCS(=O)(=O)Nc1ccc(-c2cc(NC(=O)C3CC3)nc3[nH]ccc23)nc1F. The van der Waals surface area contributed by atoms with E-state index < -0.39 is 16.0 Å². The summed E-state index contributed by atoms with van der Waals surface area (Å²) in [7, 11) is -3.63. The molecule has 152 valence electrons. The van der Waals surface area contributed by atoms with Crippen LogP contribution in [0.5, 0.6) is 0 Å². The molecule has 0 atom stereocenters. The van der Waals surface area contributed by atoms with Gasteiger partial charge in [-0.1, -0.05) is 6.92 Å². The van der Waals surface area contributed by atoms with Crippen LogP contribution in [-0.2, 0) is 14.8 Å². The van der Waals surface area contributed by atoms with E-state index in [1.165, 1.54) is 12.1 Å². The first kappa shape index (κ1) is 19.3. The van der Waals surface area contributed by atoms with Crippen LogP contribution in [-0.4, -0.2) is 35.0 Å². The number of hydrogen-bond acceptors (Lipinski definition) is 5. The predicted octanol–water partition coefficient (Wildman–Crippen LogP) is 3.26. The highest BCUT2D eigenvalue weighted by atomic mass is 32.2. The van der Waals surface area contributed by atoms with E-state index in [-0.39, 0.29) is 23.3 Å². The smallest absolute Gasteiger partial charge is 0.237 e. The first-order valence-electron chi connectivity index (χ1n) is 9.32. The summed E-state index contributed by atoms with van der Waals surface area (Å²) in [5, 5.41) is 3.49. The number of sulfonamides is 1. The number of carbonyl (C=O) groups is 1. The summed E-state index contributed by atoms with van der Waals surface area (Å²) in [4.78, 5) is 23.4. The number of H-pyrrole nitrogens is 1. The molecule has 0 aromatic carbocycles. The second-order valence-corrected chi connectivity index (χ2v) is 8.86. The Labute approximate surface area is 167 Å². The maximum atomic E-state index is 14.5. The molecule has 10 heteroatoms. The summed E-state index contributed by atoms with van der Waals surface area (Å²) in [5.74, 6) is -0.750. The molecule has 0 radical (unpaired) electrons. The van der Waals surface area contributed by atoms with E-state index >= 15 is 0 Å². The average Bonchev–Trinajstić information content (AvgIpc) is 3.41. The van der Waals surface area contributed by atoms with Gasteiger partial charge >= 0.3 is 0 Å². The number of nitrogens with zero attached hydrogens (tertiary/aromatic N) is 2. The van der Waals surface area contributed by atoms with Gasteiger partial charge < -0.3 is 10.3 Å². The van der Waals surface area contributed by atoms with Crippen LogP contribution in [0.4, 0.5) is 15.9 Å². The van der Waals surface area contributed by atoms with Gasteiger partial charge in [0.05, 0.1) is 11.4 Å². The molecule has 1 saturated carbocycles. The van der Waals surface area contributed by atoms with Crippen LogP contribution in [0.1, 0.15) is 26.2 Å². The van der Waals surface area contributed by atoms with Gasteiger partial charge in [-0.15, -0.1) is 0 Å². The van der Waals surface area contributed by atoms with Crippen LogP contribution in [0.2, 0.25) is 0 Å². The molecule has 1 aliphatic carbocycles. The lowest BCUT2D eigenvalue weighted by Gasteiger charge is -2.11. The molecule has 0 unspecified atom stereocenters. The third-order valence-electron chi connectivity index (χ3n) is 4.59. The molecule has 3 N–H and O–H groups in total. The Morgan fingerprint density at radius 2 is 2.07 bits per heavy atom. The standard InChI is InChI=1S/C19H20FN5O3S/c1-2-9-29(27,28)25-15-6-5-14(22-17(15)20)13-10-16(24-19(26)11-3-4-11)23-18-12(13)7-8-21-18/h5-8,10-11,25H,2-4,9H2,1H3,(H2,21,23,24,26). The number of amides is 1. The number of hydrogen-bond donors (Lipinski definition) is 3. The fraction of sp³-hybridized carbons (Fsp3) is 0.316. The lowest BCUT2D eigenvalue weighted by molar-refractivity contribution is -0.117. The molecular formula is C19H20FN5O3S. The summed E-state index contributed by atoms with van der Waals surface area (Å²) in [6.45, 7) is 1.72. The van der Waals surface area contributed by atoms with Crippen molar-refractivity contribution < 1.29 is 17.6 Å². The zero-order valence-electron chi connectivity index (χ0n) is 15.7. The Morgan fingerprint density at radius 3 is 2.76 bits per heavy atom. The molecule has 0 spiro atoms. The third-order valence-corrected chi connectivity index (χ3v) is 6.07. The Kier molecular flexibility index (Phi) is 4.95. The van der Waals surface area contributed by atoms with Gasteiger partial charge in [0.2, 0.25) is 21.9 Å². The molecular weight excluding hydrogens is 397 g/mol. The molecule has 29 heavy (non-hydrogen) atoms. The molecule has 1 amide bonds. The molecule has 3 aromatic rings. The normalized spacial score (nSPS) is 14.1. The van der Waals surface area contributed by atoms with Crippen LogP contribution in [0.15, 0.2) is 30.5 Å². The van der Waals surface area contributed by atoms with Crippen molar-refractivity contribution in [1.82, 2.24) is 15.0 Å². The number of pyridine rings is 2. The fourth-order valence-electron chi connectivity index (χ4n) is 3.04. The van der Waals surface area contributed by atoms with Gasteiger partial charge in [-0.25, -0.2) is 18.4 Å². The second kappa shape index (κ2) is 7.43. The van der Waals surface area contributed by atoms with E-state index in [4.69, 9.17) is 0 Å². The van der Waals surface area contributed by atoms with E-state index in [1.807, 2.05) is 0 Å². The summed E-state index contributed by atoms with van der Waals surface area (Å²) < 4.78 is 40.5. The van der Waals surface area contributed by atoms with E-state index in [9.17, 15) is 17.6 Å². The van der Waals surface area contributed by atoms with Gasteiger partial charge in [0, 0.05) is 23.1 Å². The molecule has 3 aromatic heterocycles. The second-order valence-electron chi connectivity index (χ2n) is 7.01. The number of carbonyl (C=O) groups excluding carboxylic acids is 1. The van der Waals surface area contributed by atoms with Crippen molar-refractivity contribution in [2.45, 2.75) is 26.2 Å². The Hall–Kier alpha value is -3.01. The van der Waals surface area contributed by atoms with Crippen LogP contribution in [0.3, 0.4) is 0 Å². The minimum absolute atomic E-state index is 0.0191. The van der Waals surface area contributed by atoms with Crippen LogP contribution >= 0.6 is 0 Å². The van der Waals surface area contributed by atoms with Gasteiger partial charge in [0.15, 0.2) is 0 Å². The van der Waals surface area contributed by atoms with Crippen molar-refractivity contribution in [3.63, 3.8) is 0 Å². The van der Waals surface area contributed by atoms with Crippen LogP contribution in [0, 0.1) is 11.9 Å². The summed E-state index contributed by atoms with van der Waals surface area (Å²) in [6.07, 6.45) is 3.84. The molecule has 0 aliphatic heterocycles. The van der Waals surface area contributed by atoms with Crippen molar-refractivity contribution in [2.75, 3.05) is 15.8 Å². The number of nitrogens with one attached hydrogen (secondary N) is 3. The number of fused-ring (bicyclic) bond motifs is 1. The Bertz CT molecular complexity index is 1190. The third kappa shape index (κ3) is 4.21. The van der Waals surface area contributed by atoms with Gasteiger partial charge in [-0.2, -0.15) is 4.39 Å². The number of anilines is 2. The van der Waals surface area contributed by atoms with Gasteiger partial charge in [0.25, 0.3) is 0 Å². The molecule has 0 saturated heterocycles.